The Labute approximate surface area is 155 Å². The minimum atomic E-state index is -4.77. The monoisotopic (exact) mass is 394 g/mol. The number of hydrogen-bond acceptors (Lipinski definition) is 6. The number of rotatable bonds is 4. The van der Waals surface area contributed by atoms with Crippen molar-refractivity contribution in [2.75, 3.05) is 0 Å². The lowest BCUT2D eigenvalue weighted by Crippen LogP contribution is -2.13. The van der Waals surface area contributed by atoms with Crippen LogP contribution in [-0.4, -0.2) is 22.8 Å². The Hall–Kier alpha value is -2.85. The van der Waals surface area contributed by atoms with Crippen molar-refractivity contribution < 1.29 is 22.8 Å². The lowest BCUT2D eigenvalue weighted by atomic mass is 9.84. The van der Waals surface area contributed by atoms with E-state index < -0.39 is 47.2 Å². The van der Waals surface area contributed by atoms with E-state index in [-0.39, 0.29) is 5.56 Å². The van der Waals surface area contributed by atoms with E-state index in [0.717, 1.165) is 6.07 Å². The van der Waals surface area contributed by atoms with Gasteiger partial charge in [-0.1, -0.05) is 32.4 Å². The number of aryl methyl sites for hydroxylation is 1. The van der Waals surface area contributed by atoms with Gasteiger partial charge < -0.3 is 0 Å². The van der Waals surface area contributed by atoms with E-state index in [4.69, 9.17) is 0 Å². The van der Waals surface area contributed by atoms with Gasteiger partial charge in [0.05, 0.1) is 9.85 Å². The normalized spacial score (nSPS) is 12.0. The van der Waals surface area contributed by atoms with E-state index in [1.54, 1.807) is 27.7 Å². The molecule has 0 aromatic heterocycles. The van der Waals surface area contributed by atoms with Crippen LogP contribution < -0.4 is 0 Å². The van der Waals surface area contributed by atoms with Crippen LogP contribution in [0.5, 0.6) is 0 Å². The summed E-state index contributed by atoms with van der Waals surface area (Å²) in [5.74, 6) is 0. The van der Waals surface area contributed by atoms with Crippen LogP contribution in [0.3, 0.4) is 0 Å². The highest BCUT2D eigenvalue weighted by Gasteiger charge is 2.33. The van der Waals surface area contributed by atoms with Gasteiger partial charge in [0.1, 0.15) is 10.5 Å². The zero-order valence-electron chi connectivity index (χ0n) is 15.1. The SMILES string of the molecule is Cc1ccc(S(=O)(=O)O)c(-c2c([N+](=O)[O-])cc(C(C)(C)C)cc2[N+](=O)[O-])c1. The first-order valence-corrected chi connectivity index (χ1v) is 9.23. The van der Waals surface area contributed by atoms with Gasteiger partial charge in [-0.05, 0) is 30.0 Å². The first kappa shape index (κ1) is 20.5. The first-order chi connectivity index (χ1) is 12.2. The van der Waals surface area contributed by atoms with Crippen LogP contribution in [0, 0.1) is 27.2 Å². The molecule has 0 heterocycles. The van der Waals surface area contributed by atoms with Crippen LogP contribution in [0.15, 0.2) is 35.2 Å². The van der Waals surface area contributed by atoms with Crippen LogP contribution in [0.2, 0.25) is 0 Å². The molecule has 0 atom stereocenters. The largest absolute Gasteiger partial charge is 0.295 e. The molecule has 0 aliphatic heterocycles. The summed E-state index contributed by atoms with van der Waals surface area (Å²) >= 11 is 0. The Morgan fingerprint density at radius 2 is 1.44 bits per heavy atom. The molecule has 10 heteroatoms. The Bertz CT molecular complexity index is 1020. The molecule has 0 saturated heterocycles. The average Bonchev–Trinajstić information content (AvgIpc) is 2.51. The Kier molecular flexibility index (Phi) is 5.08. The molecule has 27 heavy (non-hydrogen) atoms. The second-order valence-electron chi connectivity index (χ2n) is 7.13. The van der Waals surface area contributed by atoms with E-state index >= 15 is 0 Å². The van der Waals surface area contributed by atoms with E-state index in [1.807, 2.05) is 0 Å². The molecule has 0 saturated carbocycles. The molecule has 0 aliphatic rings. The molecular formula is C17H18N2O7S. The molecule has 0 radical (unpaired) electrons. The van der Waals surface area contributed by atoms with Gasteiger partial charge in [-0.2, -0.15) is 8.42 Å². The summed E-state index contributed by atoms with van der Waals surface area (Å²) in [6.45, 7) is 6.82. The van der Waals surface area contributed by atoms with E-state index in [1.165, 1.54) is 24.3 Å². The minimum absolute atomic E-state index is 0.295. The van der Waals surface area contributed by atoms with E-state index in [0.29, 0.717) is 11.1 Å². The molecule has 0 spiro atoms. The van der Waals surface area contributed by atoms with Crippen molar-refractivity contribution in [3.05, 3.63) is 61.7 Å². The number of nitrogens with zero attached hydrogens (tertiary/aromatic N) is 2. The Balaban J connectivity index is 3.08. The smallest absolute Gasteiger partial charge is 0.282 e. The fraction of sp³-hybridized carbons (Fsp3) is 0.294. The summed E-state index contributed by atoms with van der Waals surface area (Å²) in [5.41, 5.74) is -1.72. The van der Waals surface area contributed by atoms with Crippen molar-refractivity contribution in [2.24, 2.45) is 0 Å². The van der Waals surface area contributed by atoms with Gasteiger partial charge in [0.25, 0.3) is 21.5 Å². The third-order valence-electron chi connectivity index (χ3n) is 4.04. The molecule has 144 valence electrons. The Morgan fingerprint density at radius 3 is 1.81 bits per heavy atom. The highest BCUT2D eigenvalue weighted by atomic mass is 32.2. The first-order valence-electron chi connectivity index (χ1n) is 7.79. The minimum Gasteiger partial charge on any atom is -0.282 e. The topological polar surface area (TPSA) is 141 Å². The van der Waals surface area contributed by atoms with Crippen molar-refractivity contribution >= 4 is 21.5 Å². The number of nitro groups is 2. The van der Waals surface area contributed by atoms with Gasteiger partial charge in [-0.15, -0.1) is 0 Å². The summed E-state index contributed by atoms with van der Waals surface area (Å²) in [7, 11) is -4.77. The molecule has 0 unspecified atom stereocenters. The third-order valence-corrected chi connectivity index (χ3v) is 4.95. The summed E-state index contributed by atoms with van der Waals surface area (Å²) in [4.78, 5) is 21.1. The summed E-state index contributed by atoms with van der Waals surface area (Å²) in [6, 6.07) is 6.09. The number of hydrogen-bond donors (Lipinski definition) is 1. The van der Waals surface area contributed by atoms with Crippen molar-refractivity contribution in [3.8, 4) is 11.1 Å². The standard InChI is InChI=1S/C17H18N2O7S/c1-10-5-6-15(27(24,25)26)12(7-10)16-13(18(20)21)8-11(17(2,3)4)9-14(16)19(22)23/h5-9H,1-4H3,(H,24,25,26). The maximum atomic E-state index is 11.7. The lowest BCUT2D eigenvalue weighted by molar-refractivity contribution is -0.392. The van der Waals surface area contributed by atoms with E-state index in [9.17, 15) is 33.2 Å². The molecule has 0 aliphatic carbocycles. The summed E-state index contributed by atoms with van der Waals surface area (Å²) in [6.07, 6.45) is 0. The fourth-order valence-electron chi connectivity index (χ4n) is 2.67. The van der Waals surface area contributed by atoms with Gasteiger partial charge in [-0.25, -0.2) is 0 Å². The van der Waals surface area contributed by atoms with Crippen molar-refractivity contribution in [1.29, 1.82) is 0 Å². The van der Waals surface area contributed by atoms with Gasteiger partial charge >= 0.3 is 0 Å². The van der Waals surface area contributed by atoms with Gasteiger partial charge in [0, 0.05) is 17.7 Å². The molecule has 9 nitrogen and oxygen atoms in total. The molecular weight excluding hydrogens is 376 g/mol. The van der Waals surface area contributed by atoms with Gasteiger partial charge in [0.2, 0.25) is 0 Å². The summed E-state index contributed by atoms with van der Waals surface area (Å²) < 4.78 is 33.0. The third kappa shape index (κ3) is 4.12. The van der Waals surface area contributed by atoms with Gasteiger partial charge in [-0.3, -0.25) is 24.8 Å². The molecule has 0 fully saturated rings. The van der Waals surface area contributed by atoms with Crippen LogP contribution in [-0.2, 0) is 15.5 Å². The highest BCUT2D eigenvalue weighted by Crippen LogP contribution is 2.44. The molecule has 0 bridgehead atoms. The maximum absolute atomic E-state index is 11.7. The second-order valence-corrected chi connectivity index (χ2v) is 8.52. The lowest BCUT2D eigenvalue weighted by Gasteiger charge is -2.20. The fourth-order valence-corrected chi connectivity index (χ4v) is 3.35. The van der Waals surface area contributed by atoms with Crippen molar-refractivity contribution in [1.82, 2.24) is 0 Å². The molecule has 1 N–H and O–H groups in total. The predicted molar refractivity (Wildman–Crippen MR) is 98.4 cm³/mol. The van der Waals surface area contributed by atoms with Crippen LogP contribution in [0.4, 0.5) is 11.4 Å². The zero-order chi connectivity index (χ0) is 20.7. The van der Waals surface area contributed by atoms with Crippen molar-refractivity contribution in [2.45, 2.75) is 38.0 Å². The second kappa shape index (κ2) is 6.71. The van der Waals surface area contributed by atoms with Crippen molar-refractivity contribution in [3.63, 3.8) is 0 Å². The average molecular weight is 394 g/mol. The van der Waals surface area contributed by atoms with E-state index in [2.05, 4.69) is 0 Å². The predicted octanol–water partition coefficient (Wildman–Crippen LogP) is 4.02. The molecule has 0 amide bonds. The van der Waals surface area contributed by atoms with Crippen LogP contribution in [0.25, 0.3) is 11.1 Å². The molecule has 2 aromatic rings. The quantitative estimate of drug-likeness (QED) is 0.469. The van der Waals surface area contributed by atoms with Crippen LogP contribution >= 0.6 is 0 Å². The zero-order valence-corrected chi connectivity index (χ0v) is 15.9. The van der Waals surface area contributed by atoms with Gasteiger partial charge in [0.15, 0.2) is 0 Å². The molecule has 2 rings (SSSR count). The Morgan fingerprint density at radius 1 is 0.963 bits per heavy atom. The summed E-state index contributed by atoms with van der Waals surface area (Å²) in [5, 5.41) is 23.3. The van der Waals surface area contributed by atoms with Crippen LogP contribution in [0.1, 0.15) is 31.9 Å². The highest BCUT2D eigenvalue weighted by molar-refractivity contribution is 7.86. The number of nitro benzene ring substituents is 2. The maximum Gasteiger partial charge on any atom is 0.295 e. The number of benzene rings is 2. The molecule has 2 aromatic carbocycles.